The van der Waals surface area contributed by atoms with Gasteiger partial charge in [-0.15, -0.1) is 0 Å². The first-order valence-electron chi connectivity index (χ1n) is 12.8. The molecule has 1 unspecified atom stereocenters. The summed E-state index contributed by atoms with van der Waals surface area (Å²) in [7, 11) is 0. The Morgan fingerprint density at radius 1 is 1.06 bits per heavy atom. The molecule has 2 fully saturated rings. The van der Waals surface area contributed by atoms with Gasteiger partial charge in [-0.2, -0.15) is 0 Å². The molecular weight excluding hydrogens is 432 g/mol. The molecule has 2 amide bonds. The van der Waals surface area contributed by atoms with Gasteiger partial charge in [0.25, 0.3) is 5.91 Å². The zero-order valence-electron chi connectivity index (χ0n) is 20.5. The smallest absolute Gasteiger partial charge is 0.329 e. The molecule has 3 rings (SSSR count). The molecule has 4 N–H and O–H groups in total. The van der Waals surface area contributed by atoms with Crippen molar-refractivity contribution in [2.24, 2.45) is 23.5 Å². The molecule has 0 bridgehead atoms. The van der Waals surface area contributed by atoms with Crippen LogP contribution in [-0.2, 0) is 25.5 Å². The number of hydrogen-bond acceptors (Lipinski definition) is 5. The number of benzene rings is 1. The van der Waals surface area contributed by atoms with Crippen LogP contribution in [-0.4, -0.2) is 40.6 Å². The van der Waals surface area contributed by atoms with Crippen molar-refractivity contribution in [3.63, 3.8) is 0 Å². The Labute approximate surface area is 202 Å². The molecule has 0 saturated heterocycles. The number of amides is 2. The van der Waals surface area contributed by atoms with E-state index in [9.17, 15) is 19.5 Å². The van der Waals surface area contributed by atoms with Crippen LogP contribution in [0.1, 0.15) is 77.2 Å². The monoisotopic (exact) mass is 472 g/mol. The van der Waals surface area contributed by atoms with E-state index in [0.717, 1.165) is 44.1 Å². The molecule has 0 aliphatic heterocycles. The van der Waals surface area contributed by atoms with E-state index in [0.29, 0.717) is 12.8 Å². The van der Waals surface area contributed by atoms with E-state index in [1.807, 2.05) is 44.2 Å². The maximum Gasteiger partial charge on any atom is 0.329 e. The van der Waals surface area contributed by atoms with Gasteiger partial charge in [0.15, 0.2) is 5.60 Å². The molecule has 1 aromatic carbocycles. The van der Waals surface area contributed by atoms with Gasteiger partial charge in [0.05, 0.1) is 5.92 Å². The van der Waals surface area contributed by atoms with Gasteiger partial charge in [0.1, 0.15) is 12.1 Å². The first-order valence-corrected chi connectivity index (χ1v) is 12.8. The van der Waals surface area contributed by atoms with E-state index in [-0.39, 0.29) is 30.8 Å². The van der Waals surface area contributed by atoms with Gasteiger partial charge in [-0.25, -0.2) is 4.79 Å². The molecule has 0 heterocycles. The molecule has 2 aliphatic carbocycles. The average Bonchev–Trinajstić information content (AvgIpc) is 3.51. The first-order chi connectivity index (χ1) is 16.2. The van der Waals surface area contributed by atoms with Crippen molar-refractivity contribution in [1.29, 1.82) is 0 Å². The quantitative estimate of drug-likeness (QED) is 0.427. The molecule has 0 radical (unpaired) electrons. The van der Waals surface area contributed by atoms with E-state index < -0.39 is 35.3 Å². The van der Waals surface area contributed by atoms with Crippen LogP contribution >= 0.6 is 0 Å². The van der Waals surface area contributed by atoms with Gasteiger partial charge in [-0.3, -0.25) is 9.59 Å². The van der Waals surface area contributed by atoms with Crippen molar-refractivity contribution >= 4 is 17.8 Å². The number of carbonyl (C=O) groups is 3. The number of nitrogens with two attached hydrogens (primary N) is 1. The number of rotatable bonds is 11. The molecule has 7 nitrogen and oxygen atoms in total. The van der Waals surface area contributed by atoms with Crippen LogP contribution in [0.25, 0.3) is 0 Å². The largest absolute Gasteiger partial charge is 0.461 e. The summed E-state index contributed by atoms with van der Waals surface area (Å²) in [5.74, 6) is -3.22. The molecule has 1 aromatic rings. The van der Waals surface area contributed by atoms with E-state index in [1.54, 1.807) is 0 Å². The molecule has 3 atom stereocenters. The number of aliphatic hydroxyl groups is 1. The van der Waals surface area contributed by atoms with Gasteiger partial charge < -0.3 is 20.9 Å². The van der Waals surface area contributed by atoms with Crippen LogP contribution in [0.4, 0.5) is 0 Å². The van der Waals surface area contributed by atoms with Crippen molar-refractivity contribution in [2.75, 3.05) is 0 Å². The minimum absolute atomic E-state index is 0.0426. The Bertz CT molecular complexity index is 831. The van der Waals surface area contributed by atoms with Gasteiger partial charge in [0.2, 0.25) is 5.91 Å². The van der Waals surface area contributed by atoms with Crippen LogP contribution in [0.2, 0.25) is 0 Å². The van der Waals surface area contributed by atoms with Crippen molar-refractivity contribution in [1.82, 2.24) is 5.32 Å². The lowest BCUT2D eigenvalue weighted by Gasteiger charge is -2.38. The predicted octanol–water partition coefficient (Wildman–Crippen LogP) is 3.27. The number of nitrogens with one attached hydrogen (secondary N) is 1. The standard InChI is InChI=1S/C27H40N2O5/c1-18(2)16-22(27(33,26(28)32)20-12-6-7-13-20)24(30)29-23(17-19-10-4-3-5-11-19)25(31)34-21-14-8-9-15-21/h3-5,10-11,18,20-23,33H,6-9,12-17H2,1-2H3,(H2,28,32)(H,29,30)/t22?,23-,27-/m0/s1. The maximum atomic E-state index is 13.6. The zero-order chi connectivity index (χ0) is 24.7. The summed E-state index contributed by atoms with van der Waals surface area (Å²) >= 11 is 0. The lowest BCUT2D eigenvalue weighted by Crippen LogP contribution is -2.60. The second kappa shape index (κ2) is 11.8. The van der Waals surface area contributed by atoms with E-state index in [4.69, 9.17) is 10.5 Å². The fraction of sp³-hybridized carbons (Fsp3) is 0.667. The number of hydrogen-bond donors (Lipinski definition) is 3. The Morgan fingerprint density at radius 2 is 1.65 bits per heavy atom. The minimum atomic E-state index is -1.95. The second-order valence-corrected chi connectivity index (χ2v) is 10.4. The van der Waals surface area contributed by atoms with Crippen LogP contribution in [0, 0.1) is 17.8 Å². The van der Waals surface area contributed by atoms with Crippen LogP contribution in [0.15, 0.2) is 30.3 Å². The summed E-state index contributed by atoms with van der Waals surface area (Å²) in [6.07, 6.45) is 7.22. The summed E-state index contributed by atoms with van der Waals surface area (Å²) in [6.45, 7) is 3.87. The van der Waals surface area contributed by atoms with E-state index in [1.165, 1.54) is 0 Å². The highest BCUT2D eigenvalue weighted by Gasteiger charge is 2.53. The number of ether oxygens (including phenoxy) is 1. The Morgan fingerprint density at radius 3 is 2.21 bits per heavy atom. The molecule has 0 aromatic heterocycles. The average molecular weight is 473 g/mol. The lowest BCUT2D eigenvalue weighted by molar-refractivity contribution is -0.162. The third-order valence-electron chi connectivity index (χ3n) is 7.40. The highest BCUT2D eigenvalue weighted by molar-refractivity contribution is 5.94. The second-order valence-electron chi connectivity index (χ2n) is 10.4. The van der Waals surface area contributed by atoms with Crippen molar-refractivity contribution in [2.45, 2.75) is 95.8 Å². The van der Waals surface area contributed by atoms with E-state index in [2.05, 4.69) is 5.32 Å². The fourth-order valence-electron chi connectivity index (χ4n) is 5.55. The Kier molecular flexibility index (Phi) is 9.11. The highest BCUT2D eigenvalue weighted by atomic mass is 16.5. The third-order valence-corrected chi connectivity index (χ3v) is 7.40. The van der Waals surface area contributed by atoms with Crippen molar-refractivity contribution < 1.29 is 24.2 Å². The Balaban J connectivity index is 1.85. The van der Waals surface area contributed by atoms with Crippen LogP contribution in [0.3, 0.4) is 0 Å². The highest BCUT2D eigenvalue weighted by Crippen LogP contribution is 2.41. The van der Waals surface area contributed by atoms with Gasteiger partial charge in [0, 0.05) is 6.42 Å². The van der Waals surface area contributed by atoms with Crippen LogP contribution in [0.5, 0.6) is 0 Å². The molecule has 34 heavy (non-hydrogen) atoms. The molecule has 7 heteroatoms. The first kappa shape index (κ1) is 26.2. The Hall–Kier alpha value is -2.41. The van der Waals surface area contributed by atoms with Crippen molar-refractivity contribution in [3.8, 4) is 0 Å². The molecular formula is C27H40N2O5. The minimum Gasteiger partial charge on any atom is -0.461 e. The molecule has 0 spiro atoms. The summed E-state index contributed by atoms with van der Waals surface area (Å²) in [4.78, 5) is 39.4. The summed E-state index contributed by atoms with van der Waals surface area (Å²) < 4.78 is 5.73. The molecule has 2 aliphatic rings. The third kappa shape index (κ3) is 6.38. The molecule has 2 saturated carbocycles. The lowest BCUT2D eigenvalue weighted by atomic mass is 9.71. The number of esters is 1. The SMILES string of the molecule is CC(C)CC(C(=O)N[C@@H](Cc1ccccc1)C(=O)OC1CCCC1)[C@](O)(C(N)=O)C1CCCC1. The predicted molar refractivity (Wildman–Crippen MR) is 129 cm³/mol. The van der Waals surface area contributed by atoms with Crippen molar-refractivity contribution in [3.05, 3.63) is 35.9 Å². The number of primary amides is 1. The molecule has 188 valence electrons. The van der Waals surface area contributed by atoms with Gasteiger partial charge in [-0.1, -0.05) is 57.0 Å². The summed E-state index contributed by atoms with van der Waals surface area (Å²) in [5, 5.41) is 14.4. The zero-order valence-corrected chi connectivity index (χ0v) is 20.5. The summed E-state index contributed by atoms with van der Waals surface area (Å²) in [6, 6.07) is 8.53. The van der Waals surface area contributed by atoms with Gasteiger partial charge >= 0.3 is 5.97 Å². The van der Waals surface area contributed by atoms with E-state index >= 15 is 0 Å². The normalized spacial score (nSPS) is 20.6. The fourth-order valence-corrected chi connectivity index (χ4v) is 5.55. The topological polar surface area (TPSA) is 119 Å². The van der Waals surface area contributed by atoms with Crippen LogP contribution < -0.4 is 11.1 Å². The maximum absolute atomic E-state index is 13.6. The number of carbonyl (C=O) groups excluding carboxylic acids is 3. The summed E-state index contributed by atoms with van der Waals surface area (Å²) in [5.41, 5.74) is 4.67. The van der Waals surface area contributed by atoms with Gasteiger partial charge in [-0.05, 0) is 62.3 Å².